The van der Waals surface area contributed by atoms with Crippen LogP contribution in [-0.4, -0.2) is 132 Å². The molecule has 0 aliphatic carbocycles. The molecule has 0 heterocycles. The Balaban J connectivity index is 5.52. The summed E-state index contributed by atoms with van der Waals surface area (Å²) < 4.78 is 71.9. The van der Waals surface area contributed by atoms with Gasteiger partial charge < -0.3 is 40.2 Å². The number of ether oxygens (including phenoxy) is 4. The minimum Gasteiger partial charge on any atom is -0.462 e. The average Bonchev–Trinajstić information content (AvgIpc) is 0.961. The van der Waals surface area contributed by atoms with Crippen LogP contribution >= 0.6 is 16.5 Å². The maximum atomic E-state index is 13.2. The number of rotatable bonds is 84. The van der Waals surface area contributed by atoms with E-state index in [2.05, 4.69) is 62.8 Å². The fraction of sp³-hybridized carbons (Fsp3) is 0.916. The van der Waals surface area contributed by atoms with Crippen molar-refractivity contribution in [3.8, 4) is 0 Å². The van der Waals surface area contributed by atoms with Crippen molar-refractivity contribution in [2.45, 2.75) is 425 Å². The van der Waals surface area contributed by atoms with Gasteiger partial charge in [-0.25, -0.2) is 4.79 Å². The molecule has 0 radical (unpaired) electrons. The molecule has 6 atom stereocenters. The molecular formula is C83H158N4O17P2+2. The summed E-state index contributed by atoms with van der Waals surface area (Å²) in [5, 5.41) is 10.8. The highest BCUT2D eigenvalue weighted by Crippen LogP contribution is 2.26. The van der Waals surface area contributed by atoms with E-state index in [1.807, 2.05) is 0 Å². The van der Waals surface area contributed by atoms with Crippen LogP contribution in [0.25, 0.3) is 0 Å². The van der Waals surface area contributed by atoms with Crippen molar-refractivity contribution in [1.82, 2.24) is 21.3 Å². The molecule has 106 heavy (non-hydrogen) atoms. The van der Waals surface area contributed by atoms with Gasteiger partial charge in [0.05, 0.1) is 51.4 Å². The predicted octanol–water partition coefficient (Wildman–Crippen LogP) is 21.6. The lowest BCUT2D eigenvalue weighted by Gasteiger charge is -2.20. The normalized spacial score (nSPS) is 12.8. The Morgan fingerprint density at radius 1 is 0.292 bits per heavy atom. The van der Waals surface area contributed by atoms with Crippen LogP contribution in [0.1, 0.15) is 401 Å². The Bertz CT molecular complexity index is 1990. The lowest BCUT2D eigenvalue weighted by atomic mass is 10.0. The third kappa shape index (κ3) is 73.3. The van der Waals surface area contributed by atoms with Crippen molar-refractivity contribution in [2.24, 2.45) is 0 Å². The monoisotopic (exact) mass is 1550 g/mol. The van der Waals surface area contributed by atoms with Gasteiger partial charge in [-0.2, -0.15) is 0 Å². The van der Waals surface area contributed by atoms with Crippen molar-refractivity contribution in [3.05, 3.63) is 0 Å². The summed E-state index contributed by atoms with van der Waals surface area (Å²) in [6.45, 7) is 12.6. The van der Waals surface area contributed by atoms with E-state index >= 15 is 0 Å². The molecule has 0 bridgehead atoms. The van der Waals surface area contributed by atoms with Gasteiger partial charge in [-0.05, 0) is 51.4 Å². The van der Waals surface area contributed by atoms with Gasteiger partial charge >= 0.3 is 34.5 Å². The molecule has 4 amide bonds. The van der Waals surface area contributed by atoms with E-state index in [0.717, 1.165) is 167 Å². The van der Waals surface area contributed by atoms with E-state index in [1.54, 1.807) is 0 Å². The maximum Gasteiger partial charge on any atom is 0.697 e. The number of urea groups is 1. The molecule has 2 unspecified atom stereocenters. The first-order valence-electron chi connectivity index (χ1n) is 43.3. The Morgan fingerprint density at radius 3 is 0.849 bits per heavy atom. The SMILES string of the molecule is CCCCCCCCCCCC(=O)CC(=O)N[C@H](COCC[C@@H](CCCCCCC)OC(=O)CCCCCCCCCCC)CO[P+](=O)OCCNC(=O)NCCO[P+](=O)OC[C@@H](COCC[C@@H](CCCCCCC)OC(=O)CCCCCCCCCCC)NC(=O)CC(=O)CCCCCCCCCCC. The predicted molar refractivity (Wildman–Crippen MR) is 428 cm³/mol. The molecule has 0 aromatic carbocycles. The molecule has 0 saturated carbocycles. The van der Waals surface area contributed by atoms with Crippen LogP contribution < -0.4 is 21.3 Å². The summed E-state index contributed by atoms with van der Waals surface area (Å²) in [6, 6.07) is -2.19. The molecule has 0 fully saturated rings. The van der Waals surface area contributed by atoms with Gasteiger partial charge in [0.1, 0.15) is 50.2 Å². The largest absolute Gasteiger partial charge is 0.697 e. The zero-order chi connectivity index (χ0) is 77.7. The quantitative estimate of drug-likeness (QED) is 0.0191. The van der Waals surface area contributed by atoms with Gasteiger partial charge in [-0.15, -0.1) is 18.1 Å². The van der Waals surface area contributed by atoms with Gasteiger partial charge in [0, 0.05) is 60.7 Å². The molecule has 0 aromatic rings. The summed E-state index contributed by atoms with van der Waals surface area (Å²) in [7, 11) is -5.43. The summed E-state index contributed by atoms with van der Waals surface area (Å²) in [5.74, 6) is -1.71. The standard InChI is InChI=1S/C83H156N4O17P2/c1-7-13-19-25-29-33-37-43-47-53-75(88)67-79(90)86-73(69-97-63-59-77(55-49-41-23-17-11-5)103-81(92)57-51-45-39-35-31-27-21-15-9-3)71-101-105(95)99-65-61-84-83(94)85-62-66-100-106(96)102-72-74(87-80(91)68-76(89)54-48-44-38-34-30-26-20-14-8-2)70-98-64-60-78(56-50-42-24-18-12-6)104-82(93)58-52-46-40-36-32-28-22-16-10-4/h73-74,77-78H,7-72H2,1-6H3,(H2-2,84,85,86,87,90,91,94)/p+2/t73-,74-,77-,78-/m1/s1. The van der Waals surface area contributed by atoms with Gasteiger partial charge in [0.15, 0.2) is 0 Å². The second-order valence-electron chi connectivity index (χ2n) is 29.5. The van der Waals surface area contributed by atoms with Crippen LogP contribution in [0.2, 0.25) is 0 Å². The van der Waals surface area contributed by atoms with Gasteiger partial charge in [-0.1, -0.05) is 298 Å². The first-order chi connectivity index (χ1) is 51.7. The minimum atomic E-state index is -2.71. The molecule has 0 rings (SSSR count). The number of Topliss-reactive ketones (excluding diaryl/α,β-unsaturated/α-hetero) is 2. The van der Waals surface area contributed by atoms with E-state index in [4.69, 9.17) is 37.0 Å². The summed E-state index contributed by atoms with van der Waals surface area (Å²) in [4.78, 5) is 91.1. The molecular weight excluding hydrogens is 1390 g/mol. The van der Waals surface area contributed by atoms with Crippen LogP contribution in [0, 0.1) is 0 Å². The number of unbranched alkanes of at least 4 members (excludes halogenated alkanes) is 40. The third-order valence-electron chi connectivity index (χ3n) is 19.1. The van der Waals surface area contributed by atoms with E-state index in [-0.39, 0.29) is 114 Å². The van der Waals surface area contributed by atoms with E-state index in [9.17, 15) is 42.7 Å². The van der Waals surface area contributed by atoms with Crippen LogP contribution in [-0.2, 0) is 74.9 Å². The zero-order valence-corrected chi connectivity index (χ0v) is 70.1. The van der Waals surface area contributed by atoms with Crippen LogP contribution in [0.4, 0.5) is 4.79 Å². The molecule has 0 spiro atoms. The fourth-order valence-corrected chi connectivity index (χ4v) is 13.9. The third-order valence-corrected chi connectivity index (χ3v) is 20.6. The smallest absolute Gasteiger partial charge is 0.462 e. The zero-order valence-electron chi connectivity index (χ0n) is 68.3. The van der Waals surface area contributed by atoms with Gasteiger partial charge in [0.25, 0.3) is 0 Å². The second-order valence-corrected chi connectivity index (χ2v) is 31.4. The van der Waals surface area contributed by atoms with Crippen molar-refractivity contribution < 1.29 is 79.7 Å². The van der Waals surface area contributed by atoms with Crippen LogP contribution in [0.5, 0.6) is 0 Å². The highest BCUT2D eigenvalue weighted by Gasteiger charge is 2.28. The van der Waals surface area contributed by atoms with E-state index in [0.29, 0.717) is 38.5 Å². The lowest BCUT2D eigenvalue weighted by molar-refractivity contribution is -0.151. The molecule has 0 aliphatic rings. The molecule has 21 nitrogen and oxygen atoms in total. The number of carbonyl (C=O) groups excluding carboxylic acids is 7. The number of ketones is 2. The topological polar surface area (TPSA) is 276 Å². The lowest BCUT2D eigenvalue weighted by Crippen LogP contribution is -2.42. The number of esters is 2. The van der Waals surface area contributed by atoms with Gasteiger partial charge in [0.2, 0.25) is 11.8 Å². The Morgan fingerprint density at radius 2 is 0.557 bits per heavy atom. The molecule has 0 aliphatic heterocycles. The number of hydrogen-bond donors (Lipinski definition) is 4. The Labute approximate surface area is 647 Å². The molecule has 0 saturated heterocycles. The van der Waals surface area contributed by atoms with Crippen molar-refractivity contribution in [3.63, 3.8) is 0 Å². The minimum absolute atomic E-state index is 0.0272. The molecule has 4 N–H and O–H groups in total. The average molecular weight is 1550 g/mol. The number of hydrogen-bond acceptors (Lipinski definition) is 17. The maximum absolute atomic E-state index is 13.2. The highest BCUT2D eigenvalue weighted by molar-refractivity contribution is 7.33. The molecule has 620 valence electrons. The second kappa shape index (κ2) is 79.5. The number of carbonyl (C=O) groups is 7. The Kier molecular flexibility index (Phi) is 76.9. The van der Waals surface area contributed by atoms with E-state index in [1.165, 1.54) is 141 Å². The van der Waals surface area contributed by atoms with Crippen LogP contribution in [0.3, 0.4) is 0 Å². The summed E-state index contributed by atoms with van der Waals surface area (Å²) in [5.41, 5.74) is 0. The van der Waals surface area contributed by atoms with Crippen LogP contribution in [0.15, 0.2) is 0 Å². The van der Waals surface area contributed by atoms with Crippen molar-refractivity contribution >= 4 is 57.9 Å². The van der Waals surface area contributed by atoms with Crippen molar-refractivity contribution in [1.29, 1.82) is 0 Å². The molecule has 23 heteroatoms. The summed E-state index contributed by atoms with van der Waals surface area (Å²) >= 11 is 0. The van der Waals surface area contributed by atoms with E-state index < -0.39 is 46.4 Å². The molecule has 0 aromatic heterocycles. The first kappa shape index (κ1) is 102. The number of nitrogens with one attached hydrogen (secondary N) is 4. The number of amides is 4. The van der Waals surface area contributed by atoms with Gasteiger partial charge in [-0.3, -0.25) is 28.8 Å². The highest BCUT2D eigenvalue weighted by atomic mass is 31.1. The fourth-order valence-electron chi connectivity index (χ4n) is 12.6. The first-order valence-corrected chi connectivity index (χ1v) is 45.5. The van der Waals surface area contributed by atoms with Crippen molar-refractivity contribution in [2.75, 3.05) is 65.9 Å². The summed E-state index contributed by atoms with van der Waals surface area (Å²) in [6.07, 6.45) is 54.1. The Hall–Kier alpha value is -3.55.